The molecule has 0 amide bonds. The third-order valence-electron chi connectivity index (χ3n) is 4.36. The molecule has 1 aliphatic rings. The predicted octanol–water partition coefficient (Wildman–Crippen LogP) is 1.45. The number of para-hydroxylation sites is 2. The van der Waals surface area contributed by atoms with Gasteiger partial charge < -0.3 is 25.6 Å². The molecule has 23 heavy (non-hydrogen) atoms. The van der Waals surface area contributed by atoms with Crippen LogP contribution in [0.3, 0.4) is 0 Å². The van der Waals surface area contributed by atoms with Gasteiger partial charge in [0.25, 0.3) is 0 Å². The van der Waals surface area contributed by atoms with Gasteiger partial charge in [-0.1, -0.05) is 12.1 Å². The summed E-state index contributed by atoms with van der Waals surface area (Å²) in [4.78, 5) is 9.20. The van der Waals surface area contributed by atoms with Crippen LogP contribution >= 0.6 is 0 Å². The van der Waals surface area contributed by atoms with Crippen molar-refractivity contribution in [1.29, 1.82) is 0 Å². The van der Waals surface area contributed by atoms with Crippen molar-refractivity contribution < 1.29 is 4.74 Å². The highest BCUT2D eigenvalue weighted by Gasteiger charge is 2.19. The van der Waals surface area contributed by atoms with Crippen molar-refractivity contribution in [2.24, 2.45) is 10.7 Å². The number of nitrogens with two attached hydrogens (primary N) is 1. The molecular formula is C17H29N5O. The lowest BCUT2D eigenvalue weighted by molar-refractivity contribution is 0.148. The fourth-order valence-electron chi connectivity index (χ4n) is 2.90. The maximum atomic E-state index is 5.96. The van der Waals surface area contributed by atoms with E-state index in [-0.39, 0.29) is 0 Å². The summed E-state index contributed by atoms with van der Waals surface area (Å²) >= 11 is 0. The van der Waals surface area contributed by atoms with Gasteiger partial charge in [0.1, 0.15) is 5.75 Å². The van der Waals surface area contributed by atoms with E-state index in [1.54, 1.807) is 7.11 Å². The first kappa shape index (κ1) is 17.6. The average molecular weight is 319 g/mol. The Balaban J connectivity index is 1.75. The summed E-state index contributed by atoms with van der Waals surface area (Å²) in [6, 6.07) is 8.39. The Morgan fingerprint density at radius 3 is 2.70 bits per heavy atom. The third kappa shape index (κ3) is 5.41. The van der Waals surface area contributed by atoms with Crippen LogP contribution in [0.2, 0.25) is 0 Å². The Morgan fingerprint density at radius 2 is 2.04 bits per heavy atom. The van der Waals surface area contributed by atoms with Crippen LogP contribution in [0, 0.1) is 0 Å². The molecule has 0 atom stereocenters. The minimum atomic E-state index is 0.428. The molecule has 1 fully saturated rings. The molecule has 6 nitrogen and oxygen atoms in total. The molecule has 1 aliphatic heterocycles. The Morgan fingerprint density at radius 1 is 1.35 bits per heavy atom. The third-order valence-corrected chi connectivity index (χ3v) is 4.36. The Kier molecular flexibility index (Phi) is 6.67. The quantitative estimate of drug-likeness (QED) is 0.614. The molecule has 1 aromatic carbocycles. The van der Waals surface area contributed by atoms with Crippen molar-refractivity contribution in [3.63, 3.8) is 0 Å². The topological polar surface area (TPSA) is 66.1 Å². The lowest BCUT2D eigenvalue weighted by atomic mass is 10.0. The second-order valence-electron chi connectivity index (χ2n) is 6.13. The average Bonchev–Trinajstić information content (AvgIpc) is 2.56. The normalized spacial score (nSPS) is 17.5. The molecule has 0 bridgehead atoms. The van der Waals surface area contributed by atoms with Gasteiger partial charge in [-0.2, -0.15) is 0 Å². The standard InChI is InChI=1S/C17H29N5O/c1-21(2)14-8-11-22(12-9-14)13-10-19-17(18)20-15-6-4-5-7-16(15)23-3/h4-7,14H,8-13H2,1-3H3,(H3,18,19,20). The number of aliphatic imine (C=N–C) groups is 1. The zero-order valence-electron chi connectivity index (χ0n) is 14.5. The van der Waals surface area contributed by atoms with Gasteiger partial charge in [0.2, 0.25) is 0 Å². The van der Waals surface area contributed by atoms with Crippen LogP contribution in [-0.2, 0) is 0 Å². The predicted molar refractivity (Wildman–Crippen MR) is 96.3 cm³/mol. The molecule has 1 heterocycles. The van der Waals surface area contributed by atoms with E-state index < -0.39 is 0 Å². The van der Waals surface area contributed by atoms with Gasteiger partial charge in [-0.25, -0.2) is 0 Å². The summed E-state index contributed by atoms with van der Waals surface area (Å²) in [6.07, 6.45) is 2.46. The highest BCUT2D eigenvalue weighted by Crippen LogP contribution is 2.22. The van der Waals surface area contributed by atoms with E-state index in [2.05, 4.69) is 34.2 Å². The smallest absolute Gasteiger partial charge is 0.193 e. The van der Waals surface area contributed by atoms with Crippen LogP contribution in [0.15, 0.2) is 29.3 Å². The maximum absolute atomic E-state index is 5.96. The van der Waals surface area contributed by atoms with Crippen molar-refractivity contribution >= 4 is 11.6 Å². The van der Waals surface area contributed by atoms with Gasteiger partial charge in [0, 0.05) is 12.6 Å². The van der Waals surface area contributed by atoms with Crippen LogP contribution < -0.4 is 15.8 Å². The van der Waals surface area contributed by atoms with Crippen molar-refractivity contribution in [3.05, 3.63) is 24.3 Å². The van der Waals surface area contributed by atoms with E-state index in [9.17, 15) is 0 Å². The molecule has 2 rings (SSSR count). The molecule has 1 saturated heterocycles. The number of methoxy groups -OCH3 is 1. The summed E-state index contributed by atoms with van der Waals surface area (Å²) in [6.45, 7) is 3.94. The number of nitrogens with zero attached hydrogens (tertiary/aromatic N) is 3. The number of hydrogen-bond acceptors (Lipinski definition) is 4. The van der Waals surface area contributed by atoms with Gasteiger partial charge in [-0.3, -0.25) is 4.99 Å². The summed E-state index contributed by atoms with van der Waals surface area (Å²) in [5, 5.41) is 3.10. The molecular weight excluding hydrogens is 290 g/mol. The molecule has 0 aromatic heterocycles. The van der Waals surface area contributed by atoms with Gasteiger partial charge in [-0.05, 0) is 52.2 Å². The summed E-state index contributed by atoms with van der Waals surface area (Å²) in [5.41, 5.74) is 6.80. The van der Waals surface area contributed by atoms with Crippen molar-refractivity contribution in [2.45, 2.75) is 18.9 Å². The number of nitrogens with one attached hydrogen (secondary N) is 1. The second kappa shape index (κ2) is 8.74. The highest BCUT2D eigenvalue weighted by atomic mass is 16.5. The number of rotatable bonds is 6. The number of ether oxygens (including phenoxy) is 1. The molecule has 0 spiro atoms. The van der Waals surface area contributed by atoms with E-state index in [1.165, 1.54) is 12.8 Å². The van der Waals surface area contributed by atoms with E-state index in [0.717, 1.165) is 31.1 Å². The van der Waals surface area contributed by atoms with E-state index in [0.29, 0.717) is 18.5 Å². The lowest BCUT2D eigenvalue weighted by Crippen LogP contribution is -2.42. The largest absolute Gasteiger partial charge is 0.495 e. The summed E-state index contributed by atoms with van der Waals surface area (Å²) < 4.78 is 5.29. The van der Waals surface area contributed by atoms with Crippen LogP contribution in [0.25, 0.3) is 0 Å². The first-order valence-corrected chi connectivity index (χ1v) is 8.19. The van der Waals surface area contributed by atoms with E-state index >= 15 is 0 Å². The second-order valence-corrected chi connectivity index (χ2v) is 6.13. The zero-order valence-corrected chi connectivity index (χ0v) is 14.5. The van der Waals surface area contributed by atoms with Crippen LogP contribution in [0.4, 0.5) is 5.69 Å². The van der Waals surface area contributed by atoms with Crippen molar-refractivity contribution in [1.82, 2.24) is 9.80 Å². The van der Waals surface area contributed by atoms with Crippen molar-refractivity contribution in [2.75, 3.05) is 52.7 Å². The maximum Gasteiger partial charge on any atom is 0.193 e. The fraction of sp³-hybridized carbons (Fsp3) is 0.588. The Bertz CT molecular complexity index is 509. The number of likely N-dealkylation sites (tertiary alicyclic amines) is 1. The van der Waals surface area contributed by atoms with Crippen LogP contribution in [-0.4, -0.2) is 69.2 Å². The monoisotopic (exact) mass is 319 g/mol. The molecule has 3 N–H and O–H groups in total. The first-order valence-electron chi connectivity index (χ1n) is 8.19. The van der Waals surface area contributed by atoms with Gasteiger partial charge >= 0.3 is 0 Å². The lowest BCUT2D eigenvalue weighted by Gasteiger charge is -2.34. The zero-order chi connectivity index (χ0) is 16.7. The highest BCUT2D eigenvalue weighted by molar-refractivity contribution is 5.93. The molecule has 1 aromatic rings. The van der Waals surface area contributed by atoms with Gasteiger partial charge in [0.15, 0.2) is 5.96 Å². The molecule has 0 radical (unpaired) electrons. The van der Waals surface area contributed by atoms with Crippen LogP contribution in [0.5, 0.6) is 5.75 Å². The SMILES string of the molecule is COc1ccccc1NC(N)=NCCN1CCC(N(C)C)CC1. The minimum Gasteiger partial charge on any atom is -0.495 e. The molecule has 0 saturated carbocycles. The molecule has 6 heteroatoms. The van der Waals surface area contributed by atoms with Gasteiger partial charge in [0.05, 0.1) is 19.3 Å². The van der Waals surface area contributed by atoms with Crippen LogP contribution in [0.1, 0.15) is 12.8 Å². The minimum absolute atomic E-state index is 0.428. The fourth-order valence-corrected chi connectivity index (χ4v) is 2.90. The number of piperidine rings is 1. The molecule has 0 aliphatic carbocycles. The summed E-state index contributed by atoms with van der Waals surface area (Å²) in [5.74, 6) is 1.19. The molecule has 0 unspecified atom stereocenters. The number of guanidine groups is 1. The van der Waals surface area contributed by atoms with Gasteiger partial charge in [-0.15, -0.1) is 0 Å². The molecule has 128 valence electrons. The Hall–Kier alpha value is -1.79. The van der Waals surface area contributed by atoms with E-state index in [1.807, 2.05) is 24.3 Å². The Labute approximate surface area is 139 Å². The summed E-state index contributed by atoms with van der Waals surface area (Å²) in [7, 11) is 5.97. The number of anilines is 1. The van der Waals surface area contributed by atoms with E-state index in [4.69, 9.17) is 10.5 Å². The number of benzene rings is 1. The number of hydrogen-bond donors (Lipinski definition) is 2. The first-order chi connectivity index (χ1) is 11.1. The van der Waals surface area contributed by atoms with Crippen molar-refractivity contribution in [3.8, 4) is 5.75 Å².